The Hall–Kier alpha value is -3.51. The van der Waals surface area contributed by atoms with Gasteiger partial charge in [0.1, 0.15) is 77.6 Å². The molecule has 0 aliphatic carbocycles. The zero-order valence-electron chi connectivity index (χ0n) is 21.0. The fourth-order valence-corrected chi connectivity index (χ4v) is 5.20. The molecule has 5 rings (SSSR count). The summed E-state index contributed by atoms with van der Waals surface area (Å²) in [7, 11) is 0. The number of aliphatic hydroxyl groups is 7. The summed E-state index contributed by atoms with van der Waals surface area (Å²) < 4.78 is 16.8. The van der Waals surface area contributed by atoms with Gasteiger partial charge in [0, 0.05) is 6.07 Å². The molecular weight excluding hydrogens is 552 g/mol. The molecule has 2 fully saturated rings. The average Bonchev–Trinajstić information content (AvgIpc) is 2.94. The van der Waals surface area contributed by atoms with Crippen LogP contribution in [0.5, 0.6) is 23.0 Å². The van der Waals surface area contributed by atoms with E-state index < -0.39 is 119 Å². The summed E-state index contributed by atoms with van der Waals surface area (Å²) in [5, 5.41) is 114. The zero-order valence-corrected chi connectivity index (χ0v) is 21.0. The molecule has 222 valence electrons. The van der Waals surface area contributed by atoms with Crippen LogP contribution in [-0.4, -0.2) is 112 Å². The second-order valence-corrected chi connectivity index (χ2v) is 9.93. The first-order valence-corrected chi connectivity index (χ1v) is 12.4. The van der Waals surface area contributed by atoms with E-state index in [1.165, 1.54) is 12.1 Å². The second-order valence-electron chi connectivity index (χ2n) is 9.93. The predicted octanol–water partition coefficient (Wildman–Crippen LogP) is -2.05. The van der Waals surface area contributed by atoms with Crippen LogP contribution >= 0.6 is 0 Å². The number of ether oxygens (including phenoxy) is 2. The van der Waals surface area contributed by atoms with Crippen LogP contribution in [-0.2, 0) is 9.47 Å². The van der Waals surface area contributed by atoms with Crippen LogP contribution < -0.4 is 5.43 Å². The quantitative estimate of drug-likeness (QED) is 0.148. The SMILES string of the molecule is O=c1cc(-c2cccc(O)c2O)oc2c(C3OCC(O)C(O)C3O)c(O)c(C3OC(CO)C(O)C(O)C3O)c(O)c12. The van der Waals surface area contributed by atoms with Gasteiger partial charge in [-0.15, -0.1) is 0 Å². The standard InChI is InChI=1S/C26H28O15/c27-5-12-18(33)21(36)23(38)26(41-12)14-19(34)13-9(29)4-11(7-2-1-3-8(28)16(7)31)40-24(13)15(20(14)35)25-22(37)17(32)10(30)6-39-25/h1-4,10,12,17-18,21-23,25-28,30-38H,5-6H2. The van der Waals surface area contributed by atoms with Crippen LogP contribution in [0.2, 0.25) is 0 Å². The summed E-state index contributed by atoms with van der Waals surface area (Å²) in [6.07, 6.45) is -16.1. The molecule has 2 aliphatic heterocycles. The molecule has 15 heteroatoms. The first-order valence-electron chi connectivity index (χ1n) is 12.4. The lowest BCUT2D eigenvalue weighted by molar-refractivity contribution is -0.232. The van der Waals surface area contributed by atoms with Crippen LogP contribution in [0, 0.1) is 0 Å². The molecule has 3 aromatic rings. The number of phenols is 4. The Balaban J connectivity index is 1.82. The summed E-state index contributed by atoms with van der Waals surface area (Å²) in [6.45, 7) is -1.41. The lowest BCUT2D eigenvalue weighted by Gasteiger charge is -2.41. The number of benzene rings is 2. The van der Waals surface area contributed by atoms with Crippen LogP contribution in [0.15, 0.2) is 33.5 Å². The molecule has 41 heavy (non-hydrogen) atoms. The Bertz CT molecular complexity index is 1520. The van der Waals surface area contributed by atoms with Crippen molar-refractivity contribution >= 4 is 11.0 Å². The number of fused-ring (bicyclic) bond motifs is 1. The molecule has 1 aromatic heterocycles. The van der Waals surface area contributed by atoms with Gasteiger partial charge in [-0.25, -0.2) is 0 Å². The van der Waals surface area contributed by atoms with Gasteiger partial charge < -0.3 is 70.1 Å². The predicted molar refractivity (Wildman–Crippen MR) is 134 cm³/mol. The van der Waals surface area contributed by atoms with Crippen molar-refractivity contribution in [2.45, 2.75) is 54.9 Å². The van der Waals surface area contributed by atoms with E-state index in [1.807, 2.05) is 0 Å². The van der Waals surface area contributed by atoms with E-state index in [4.69, 9.17) is 13.9 Å². The van der Waals surface area contributed by atoms with Gasteiger partial charge >= 0.3 is 0 Å². The first kappa shape index (κ1) is 29.0. The minimum absolute atomic E-state index is 0.174. The minimum Gasteiger partial charge on any atom is -0.507 e. The number of aliphatic hydroxyl groups excluding tert-OH is 7. The highest BCUT2D eigenvalue weighted by Crippen LogP contribution is 2.50. The van der Waals surface area contributed by atoms with Crippen molar-refractivity contribution in [3.8, 4) is 34.3 Å². The van der Waals surface area contributed by atoms with Gasteiger partial charge in [-0.05, 0) is 12.1 Å². The van der Waals surface area contributed by atoms with Crippen LogP contribution in [0.3, 0.4) is 0 Å². The summed E-state index contributed by atoms with van der Waals surface area (Å²) in [5.74, 6) is -3.58. The second kappa shape index (κ2) is 10.7. The first-order chi connectivity index (χ1) is 19.4. The van der Waals surface area contributed by atoms with E-state index in [0.29, 0.717) is 0 Å². The maximum absolute atomic E-state index is 13.4. The number of para-hydroxylation sites is 1. The fraction of sp³-hybridized carbons (Fsp3) is 0.423. The molecule has 2 aliphatic rings. The monoisotopic (exact) mass is 580 g/mol. The molecule has 15 nitrogen and oxygen atoms in total. The Kier molecular flexibility index (Phi) is 7.58. The van der Waals surface area contributed by atoms with Crippen molar-refractivity contribution in [2.24, 2.45) is 0 Å². The normalized spacial score (nSPS) is 32.3. The van der Waals surface area contributed by atoms with E-state index in [-0.39, 0.29) is 11.3 Å². The van der Waals surface area contributed by atoms with Gasteiger partial charge in [0.25, 0.3) is 0 Å². The minimum atomic E-state index is -2.02. The van der Waals surface area contributed by atoms with Gasteiger partial charge in [-0.1, -0.05) is 6.07 Å². The molecule has 9 unspecified atom stereocenters. The smallest absolute Gasteiger partial charge is 0.197 e. The third-order valence-corrected chi connectivity index (χ3v) is 7.44. The highest BCUT2D eigenvalue weighted by atomic mass is 16.5. The van der Waals surface area contributed by atoms with Crippen LogP contribution in [0.4, 0.5) is 0 Å². The van der Waals surface area contributed by atoms with Gasteiger partial charge in [0.2, 0.25) is 0 Å². The van der Waals surface area contributed by atoms with Gasteiger partial charge in [0.05, 0.1) is 29.9 Å². The van der Waals surface area contributed by atoms with Crippen molar-refractivity contribution in [3.63, 3.8) is 0 Å². The molecule has 0 spiro atoms. The summed E-state index contributed by atoms with van der Waals surface area (Å²) in [6, 6.07) is 4.61. The third-order valence-electron chi connectivity index (χ3n) is 7.44. The van der Waals surface area contributed by atoms with Gasteiger partial charge in [-0.2, -0.15) is 0 Å². The molecule has 2 saturated heterocycles. The van der Waals surface area contributed by atoms with E-state index >= 15 is 0 Å². The lowest BCUT2D eigenvalue weighted by Crippen LogP contribution is -2.55. The van der Waals surface area contributed by atoms with E-state index in [1.54, 1.807) is 0 Å². The third kappa shape index (κ3) is 4.57. The highest BCUT2D eigenvalue weighted by Gasteiger charge is 2.48. The largest absolute Gasteiger partial charge is 0.507 e. The molecule has 9 atom stereocenters. The Morgan fingerprint density at radius 3 is 2.15 bits per heavy atom. The average molecular weight is 580 g/mol. The number of rotatable bonds is 4. The Labute approximate surface area is 229 Å². The van der Waals surface area contributed by atoms with Crippen molar-refractivity contribution in [2.75, 3.05) is 13.2 Å². The summed E-state index contributed by atoms with van der Waals surface area (Å²) in [5.41, 5.74) is -3.03. The Morgan fingerprint density at radius 1 is 0.780 bits per heavy atom. The molecule has 2 aromatic carbocycles. The van der Waals surface area contributed by atoms with E-state index in [0.717, 1.165) is 12.1 Å². The number of phenolic OH excluding ortho intramolecular Hbond substituents is 4. The van der Waals surface area contributed by atoms with E-state index in [9.17, 15) is 61.0 Å². The molecular formula is C26H28O15. The molecule has 3 heterocycles. The fourth-order valence-electron chi connectivity index (χ4n) is 5.20. The number of aromatic hydroxyl groups is 4. The maximum Gasteiger partial charge on any atom is 0.197 e. The number of hydrogen-bond donors (Lipinski definition) is 11. The van der Waals surface area contributed by atoms with Gasteiger partial charge in [0.15, 0.2) is 22.5 Å². The lowest BCUT2D eigenvalue weighted by atomic mass is 9.85. The molecule has 0 amide bonds. The number of hydrogen-bond acceptors (Lipinski definition) is 15. The van der Waals surface area contributed by atoms with Crippen molar-refractivity contribution in [1.29, 1.82) is 0 Å². The zero-order chi connectivity index (χ0) is 29.9. The molecule has 0 radical (unpaired) electrons. The summed E-state index contributed by atoms with van der Waals surface area (Å²) >= 11 is 0. The van der Waals surface area contributed by atoms with E-state index in [2.05, 4.69) is 0 Å². The van der Waals surface area contributed by atoms with Crippen molar-refractivity contribution < 1.29 is 70.1 Å². The van der Waals surface area contributed by atoms with Gasteiger partial charge in [-0.3, -0.25) is 4.79 Å². The topological polar surface area (TPSA) is 271 Å². The van der Waals surface area contributed by atoms with Crippen LogP contribution in [0.25, 0.3) is 22.3 Å². The highest BCUT2D eigenvalue weighted by molar-refractivity contribution is 5.92. The van der Waals surface area contributed by atoms with Crippen molar-refractivity contribution in [1.82, 2.24) is 0 Å². The maximum atomic E-state index is 13.4. The molecule has 0 bridgehead atoms. The summed E-state index contributed by atoms with van der Waals surface area (Å²) in [4.78, 5) is 13.4. The molecule has 11 N–H and O–H groups in total. The molecule has 0 saturated carbocycles. The Morgan fingerprint density at radius 2 is 1.46 bits per heavy atom. The van der Waals surface area contributed by atoms with Crippen molar-refractivity contribution in [3.05, 3.63) is 45.6 Å². The van der Waals surface area contributed by atoms with Crippen LogP contribution in [0.1, 0.15) is 23.3 Å².